The molecule has 6 nitrogen and oxygen atoms in total. The zero-order chi connectivity index (χ0) is 27.5. The molecule has 8 heteroatoms. The number of halogens is 2. The van der Waals surface area contributed by atoms with Gasteiger partial charge >= 0.3 is 0 Å². The van der Waals surface area contributed by atoms with Crippen LogP contribution in [0.15, 0.2) is 128 Å². The highest BCUT2D eigenvalue weighted by Gasteiger charge is 2.41. The van der Waals surface area contributed by atoms with E-state index in [1.807, 2.05) is 97.1 Å². The molecule has 2 heterocycles. The van der Waals surface area contributed by atoms with Gasteiger partial charge in [-0.3, -0.25) is 4.98 Å². The summed E-state index contributed by atoms with van der Waals surface area (Å²) in [5.74, 6) is 0.340. The number of hydrogen-bond acceptors (Lipinski definition) is 5. The number of nitrogens with zero attached hydrogens (tertiary/aromatic N) is 5. The first-order chi connectivity index (χ1) is 19.6. The summed E-state index contributed by atoms with van der Waals surface area (Å²) in [6.07, 6.45) is -1.23. The predicted octanol–water partition coefficient (Wildman–Crippen LogP) is 6.76. The van der Waals surface area contributed by atoms with Crippen molar-refractivity contribution in [3.8, 4) is 22.5 Å². The van der Waals surface area contributed by atoms with Crippen LogP contribution in [0.4, 0.5) is 14.5 Å². The van der Waals surface area contributed by atoms with Crippen LogP contribution in [0.1, 0.15) is 28.8 Å². The fourth-order valence-corrected chi connectivity index (χ4v) is 5.04. The number of nitrogens with two attached hydrogens (primary N) is 1. The van der Waals surface area contributed by atoms with E-state index in [9.17, 15) is 8.78 Å². The highest BCUT2D eigenvalue weighted by Crippen LogP contribution is 2.40. The van der Waals surface area contributed by atoms with E-state index in [2.05, 4.69) is 15.3 Å². The van der Waals surface area contributed by atoms with E-state index < -0.39 is 12.0 Å². The Morgan fingerprint density at radius 3 is 1.75 bits per heavy atom. The summed E-state index contributed by atoms with van der Waals surface area (Å²) in [7, 11) is 0. The highest BCUT2D eigenvalue weighted by molar-refractivity contribution is 5.82. The van der Waals surface area contributed by atoms with Gasteiger partial charge in [-0.15, -0.1) is 15.0 Å². The molecule has 0 fully saturated rings. The molecule has 6 aromatic rings. The number of tetrazole rings is 1. The van der Waals surface area contributed by atoms with Gasteiger partial charge in [-0.2, -0.15) is 0 Å². The van der Waals surface area contributed by atoms with Crippen molar-refractivity contribution in [2.24, 2.45) is 0 Å². The minimum Gasteiger partial charge on any atom is -0.399 e. The van der Waals surface area contributed by atoms with Crippen LogP contribution >= 0.6 is 0 Å². The Kier molecular flexibility index (Phi) is 6.57. The standard InChI is InChI=1S/C32H24F2N6/c33-30(34)29-19-16-22(21-36-29)27-18-17-26(35)20-28(27)31-37-39-40(38-31)32(23-10-4-1-5-11-23,24-12-6-2-7-13-24)25-14-8-3-9-15-25/h1-21,30H,35H2. The van der Waals surface area contributed by atoms with E-state index in [0.29, 0.717) is 28.2 Å². The molecule has 0 unspecified atom stereocenters. The van der Waals surface area contributed by atoms with E-state index >= 15 is 0 Å². The van der Waals surface area contributed by atoms with Gasteiger partial charge in [0, 0.05) is 23.0 Å². The number of pyridine rings is 1. The number of nitrogen functional groups attached to an aromatic ring is 1. The molecule has 0 aliphatic carbocycles. The molecule has 0 radical (unpaired) electrons. The highest BCUT2D eigenvalue weighted by atomic mass is 19.3. The summed E-state index contributed by atoms with van der Waals surface area (Å²) in [4.78, 5) is 5.56. The number of aromatic nitrogens is 5. The summed E-state index contributed by atoms with van der Waals surface area (Å²) >= 11 is 0. The van der Waals surface area contributed by atoms with Gasteiger partial charge in [-0.1, -0.05) is 103 Å². The van der Waals surface area contributed by atoms with Crippen molar-refractivity contribution >= 4 is 5.69 Å². The van der Waals surface area contributed by atoms with E-state index in [1.54, 1.807) is 23.0 Å². The Labute approximate surface area is 229 Å². The van der Waals surface area contributed by atoms with Crippen molar-refractivity contribution in [3.05, 3.63) is 150 Å². The molecule has 196 valence electrons. The monoisotopic (exact) mass is 530 g/mol. The van der Waals surface area contributed by atoms with E-state index in [4.69, 9.17) is 10.8 Å². The van der Waals surface area contributed by atoms with Gasteiger partial charge in [0.2, 0.25) is 5.82 Å². The SMILES string of the molecule is Nc1ccc(-c2ccc(C(F)F)nc2)c(-c2nnn(C(c3ccccc3)(c3ccccc3)c3ccccc3)n2)c1. The van der Waals surface area contributed by atoms with Crippen LogP contribution in [0.2, 0.25) is 0 Å². The quantitative estimate of drug-likeness (QED) is 0.182. The molecule has 0 aliphatic heterocycles. The molecule has 0 amide bonds. The number of hydrogen-bond donors (Lipinski definition) is 1. The van der Waals surface area contributed by atoms with Gasteiger partial charge in [0.15, 0.2) is 5.54 Å². The fourth-order valence-electron chi connectivity index (χ4n) is 5.04. The van der Waals surface area contributed by atoms with Crippen LogP contribution in [0, 0.1) is 0 Å². The first-order valence-corrected chi connectivity index (χ1v) is 12.7. The third-order valence-corrected chi connectivity index (χ3v) is 6.89. The van der Waals surface area contributed by atoms with Crippen molar-refractivity contribution in [3.63, 3.8) is 0 Å². The van der Waals surface area contributed by atoms with Crippen LogP contribution in [0.5, 0.6) is 0 Å². The molecule has 2 aromatic heterocycles. The summed E-state index contributed by atoms with van der Waals surface area (Å²) in [5, 5.41) is 14.1. The van der Waals surface area contributed by atoms with Crippen molar-refractivity contribution in [1.29, 1.82) is 0 Å². The van der Waals surface area contributed by atoms with E-state index in [-0.39, 0.29) is 5.69 Å². The molecular weight excluding hydrogens is 506 g/mol. The van der Waals surface area contributed by atoms with Gasteiger partial charge in [-0.25, -0.2) is 8.78 Å². The fraction of sp³-hybridized carbons (Fsp3) is 0.0625. The molecule has 40 heavy (non-hydrogen) atoms. The van der Waals surface area contributed by atoms with E-state index in [1.165, 1.54) is 12.3 Å². The van der Waals surface area contributed by atoms with Crippen LogP contribution in [-0.4, -0.2) is 25.2 Å². The van der Waals surface area contributed by atoms with Gasteiger partial charge in [-0.05, 0) is 45.7 Å². The molecule has 0 spiro atoms. The largest absolute Gasteiger partial charge is 0.399 e. The van der Waals surface area contributed by atoms with Gasteiger partial charge in [0.05, 0.1) is 0 Å². The smallest absolute Gasteiger partial charge is 0.280 e. The van der Waals surface area contributed by atoms with Gasteiger partial charge in [0.1, 0.15) is 5.69 Å². The Balaban J connectivity index is 1.57. The number of anilines is 1. The Bertz CT molecular complexity index is 1620. The molecule has 0 saturated heterocycles. The first kappa shape index (κ1) is 25.1. The summed E-state index contributed by atoms with van der Waals surface area (Å²) in [6, 6.07) is 38.3. The minimum atomic E-state index is -2.65. The van der Waals surface area contributed by atoms with Gasteiger partial charge < -0.3 is 5.73 Å². The van der Waals surface area contributed by atoms with Crippen LogP contribution < -0.4 is 5.73 Å². The van der Waals surface area contributed by atoms with Crippen molar-refractivity contribution < 1.29 is 8.78 Å². The molecular formula is C32H24F2N6. The number of alkyl halides is 2. The number of benzene rings is 4. The number of rotatable bonds is 7. The topological polar surface area (TPSA) is 82.5 Å². The van der Waals surface area contributed by atoms with Crippen molar-refractivity contribution in [1.82, 2.24) is 25.2 Å². The lowest BCUT2D eigenvalue weighted by atomic mass is 9.77. The zero-order valence-electron chi connectivity index (χ0n) is 21.3. The second-order valence-corrected chi connectivity index (χ2v) is 9.29. The molecule has 0 bridgehead atoms. The average molecular weight is 531 g/mol. The average Bonchev–Trinajstić information content (AvgIpc) is 3.50. The molecule has 2 N–H and O–H groups in total. The summed E-state index contributed by atoms with van der Waals surface area (Å²) in [6.45, 7) is 0. The first-order valence-electron chi connectivity index (χ1n) is 12.7. The maximum Gasteiger partial charge on any atom is 0.280 e. The third-order valence-electron chi connectivity index (χ3n) is 6.89. The second kappa shape index (κ2) is 10.5. The zero-order valence-corrected chi connectivity index (χ0v) is 21.3. The maximum atomic E-state index is 13.1. The second-order valence-electron chi connectivity index (χ2n) is 9.29. The van der Waals surface area contributed by atoms with Crippen LogP contribution in [0.25, 0.3) is 22.5 Å². The molecule has 0 saturated carbocycles. The normalized spacial score (nSPS) is 11.6. The molecule has 6 rings (SSSR count). The molecule has 4 aromatic carbocycles. The Hall–Kier alpha value is -5.24. The van der Waals surface area contributed by atoms with Gasteiger partial charge in [0.25, 0.3) is 6.43 Å². The summed E-state index contributed by atoms with van der Waals surface area (Å²) in [5.41, 5.74) is 10.3. The van der Waals surface area contributed by atoms with Crippen molar-refractivity contribution in [2.75, 3.05) is 5.73 Å². The summed E-state index contributed by atoms with van der Waals surface area (Å²) < 4.78 is 26.2. The lowest BCUT2D eigenvalue weighted by Gasteiger charge is -2.34. The molecule has 0 atom stereocenters. The maximum absolute atomic E-state index is 13.1. The molecule has 0 aliphatic rings. The Morgan fingerprint density at radius 1 is 0.675 bits per heavy atom. The Morgan fingerprint density at radius 2 is 1.25 bits per heavy atom. The van der Waals surface area contributed by atoms with Crippen LogP contribution in [0.3, 0.4) is 0 Å². The predicted molar refractivity (Wildman–Crippen MR) is 150 cm³/mol. The van der Waals surface area contributed by atoms with Crippen LogP contribution in [-0.2, 0) is 5.54 Å². The van der Waals surface area contributed by atoms with E-state index in [0.717, 1.165) is 16.7 Å². The lowest BCUT2D eigenvalue weighted by molar-refractivity contribution is 0.146. The minimum absolute atomic E-state index is 0.289. The van der Waals surface area contributed by atoms with Crippen molar-refractivity contribution in [2.45, 2.75) is 12.0 Å². The lowest BCUT2D eigenvalue weighted by Crippen LogP contribution is -2.39. The third kappa shape index (κ3) is 4.39.